The van der Waals surface area contributed by atoms with E-state index in [9.17, 15) is 0 Å². The van der Waals surface area contributed by atoms with Crippen LogP contribution in [0.5, 0.6) is 0 Å². The Morgan fingerprint density at radius 1 is 0.762 bits per heavy atom. The van der Waals surface area contributed by atoms with Crippen molar-refractivity contribution in [2.75, 3.05) is 11.5 Å². The van der Waals surface area contributed by atoms with E-state index in [1.807, 2.05) is 18.2 Å². The van der Waals surface area contributed by atoms with Crippen LogP contribution in [0.2, 0.25) is 0 Å². The molecule has 1 unspecified atom stereocenters. The van der Waals surface area contributed by atoms with Gasteiger partial charge in [0.05, 0.1) is 0 Å². The van der Waals surface area contributed by atoms with Crippen molar-refractivity contribution >= 4 is 33.8 Å². The van der Waals surface area contributed by atoms with Crippen molar-refractivity contribution in [1.29, 1.82) is 0 Å². The van der Waals surface area contributed by atoms with Gasteiger partial charge < -0.3 is 11.5 Å². The van der Waals surface area contributed by atoms with Gasteiger partial charge in [0.1, 0.15) is 0 Å². The predicted octanol–water partition coefficient (Wildman–Crippen LogP) is 4.00. The molecule has 0 bridgehead atoms. The molecule has 2 aliphatic rings. The first-order valence-corrected chi connectivity index (χ1v) is 7.17. The largest absolute Gasteiger partial charge is 0.398 e. The molecule has 0 spiro atoms. The second-order valence-electron chi connectivity index (χ2n) is 5.86. The molecule has 0 saturated heterocycles. The van der Waals surface area contributed by atoms with E-state index in [1.54, 1.807) is 0 Å². The van der Waals surface area contributed by atoms with E-state index in [1.165, 1.54) is 33.0 Å². The van der Waals surface area contributed by atoms with Gasteiger partial charge in [0.2, 0.25) is 0 Å². The molecule has 0 aliphatic heterocycles. The Morgan fingerprint density at radius 2 is 1.57 bits per heavy atom. The first kappa shape index (κ1) is 11.0. The van der Waals surface area contributed by atoms with Crippen molar-refractivity contribution in [1.82, 2.24) is 0 Å². The number of allylic oxidation sites excluding steroid dienone is 1. The van der Waals surface area contributed by atoms with Gasteiger partial charge in [-0.15, -0.1) is 0 Å². The van der Waals surface area contributed by atoms with E-state index in [0.717, 1.165) is 16.9 Å². The summed E-state index contributed by atoms with van der Waals surface area (Å²) in [5, 5.41) is 2.55. The fourth-order valence-corrected chi connectivity index (χ4v) is 3.89. The molecule has 3 aromatic carbocycles. The lowest BCUT2D eigenvalue weighted by Crippen LogP contribution is -2.21. The van der Waals surface area contributed by atoms with E-state index >= 15 is 0 Å². The Morgan fingerprint density at radius 3 is 2.48 bits per heavy atom. The number of anilines is 2. The monoisotopic (exact) mass is 270 g/mol. The second kappa shape index (κ2) is 3.47. The standard InChI is InChI=1S/C19H14N2/c20-15-8-7-10-3-1-4-11-17(10)13(15)9-14-18(11)12-5-2-6-16(21)19(12)14/h1-9,18H,20-21H2. The zero-order chi connectivity index (χ0) is 14.1. The fourth-order valence-electron chi connectivity index (χ4n) is 3.89. The first-order valence-electron chi connectivity index (χ1n) is 7.17. The Labute approximate surface area is 122 Å². The van der Waals surface area contributed by atoms with E-state index in [0.29, 0.717) is 5.92 Å². The summed E-state index contributed by atoms with van der Waals surface area (Å²) >= 11 is 0. The average molecular weight is 270 g/mol. The Bertz CT molecular complexity index is 967. The van der Waals surface area contributed by atoms with Crippen LogP contribution in [0.1, 0.15) is 28.2 Å². The van der Waals surface area contributed by atoms with Gasteiger partial charge in [0, 0.05) is 28.4 Å². The Hall–Kier alpha value is -2.74. The highest BCUT2D eigenvalue weighted by atomic mass is 14.6. The molecule has 100 valence electrons. The molecule has 0 saturated carbocycles. The summed E-state index contributed by atoms with van der Waals surface area (Å²) in [4.78, 5) is 0. The fraction of sp³-hybridized carbons (Fsp3) is 0.0526. The Kier molecular flexibility index (Phi) is 1.81. The normalized spacial score (nSPS) is 17.7. The smallest absolute Gasteiger partial charge is 0.0394 e. The van der Waals surface area contributed by atoms with E-state index < -0.39 is 0 Å². The van der Waals surface area contributed by atoms with Crippen molar-refractivity contribution in [2.24, 2.45) is 0 Å². The van der Waals surface area contributed by atoms with Gasteiger partial charge in [-0.25, -0.2) is 0 Å². The van der Waals surface area contributed by atoms with Crippen LogP contribution in [0.3, 0.4) is 0 Å². The van der Waals surface area contributed by atoms with Crippen LogP contribution < -0.4 is 11.5 Å². The first-order chi connectivity index (χ1) is 10.3. The molecule has 0 radical (unpaired) electrons. The maximum atomic E-state index is 6.21. The number of nitrogen functional groups attached to an aromatic ring is 2. The summed E-state index contributed by atoms with van der Waals surface area (Å²) in [6, 6.07) is 16.8. The molecule has 0 aromatic heterocycles. The van der Waals surface area contributed by atoms with Crippen LogP contribution >= 0.6 is 0 Å². The summed E-state index contributed by atoms with van der Waals surface area (Å²) in [6.07, 6.45) is 2.23. The van der Waals surface area contributed by atoms with Crippen LogP contribution in [-0.2, 0) is 0 Å². The number of rotatable bonds is 0. The third-order valence-corrected chi connectivity index (χ3v) is 4.80. The highest BCUT2D eigenvalue weighted by molar-refractivity contribution is 6.12. The zero-order valence-electron chi connectivity index (χ0n) is 11.4. The molecule has 21 heavy (non-hydrogen) atoms. The lowest BCUT2D eigenvalue weighted by atomic mass is 9.64. The van der Waals surface area contributed by atoms with Gasteiger partial charge >= 0.3 is 0 Å². The van der Waals surface area contributed by atoms with Crippen LogP contribution in [-0.4, -0.2) is 0 Å². The van der Waals surface area contributed by atoms with E-state index in [-0.39, 0.29) is 0 Å². The summed E-state index contributed by atoms with van der Waals surface area (Å²) in [7, 11) is 0. The van der Waals surface area contributed by atoms with Crippen molar-refractivity contribution in [3.05, 3.63) is 70.8 Å². The van der Waals surface area contributed by atoms with Crippen LogP contribution in [0.25, 0.3) is 22.4 Å². The molecule has 1 atom stereocenters. The molecular weight excluding hydrogens is 256 g/mol. The summed E-state index contributed by atoms with van der Waals surface area (Å²) in [5.74, 6) is 0.349. The van der Waals surface area contributed by atoms with Crippen molar-refractivity contribution in [2.45, 2.75) is 5.92 Å². The van der Waals surface area contributed by atoms with Gasteiger partial charge in [-0.1, -0.05) is 36.4 Å². The van der Waals surface area contributed by atoms with Crippen molar-refractivity contribution in [3.8, 4) is 0 Å². The third-order valence-electron chi connectivity index (χ3n) is 4.80. The minimum absolute atomic E-state index is 0.349. The van der Waals surface area contributed by atoms with Crippen LogP contribution in [0, 0.1) is 0 Å². The topological polar surface area (TPSA) is 52.0 Å². The molecule has 5 rings (SSSR count). The zero-order valence-corrected chi connectivity index (χ0v) is 11.4. The lowest BCUT2D eigenvalue weighted by Gasteiger charge is -2.39. The Balaban J connectivity index is 1.94. The molecule has 2 heteroatoms. The number of fused-ring (bicyclic) bond motifs is 5. The maximum absolute atomic E-state index is 6.21. The number of nitrogens with two attached hydrogens (primary N) is 2. The molecule has 2 nitrogen and oxygen atoms in total. The molecular formula is C19H14N2. The lowest BCUT2D eigenvalue weighted by molar-refractivity contribution is 0.983. The van der Waals surface area contributed by atoms with E-state index in [2.05, 4.69) is 36.4 Å². The van der Waals surface area contributed by atoms with Crippen LogP contribution in [0.15, 0.2) is 48.5 Å². The van der Waals surface area contributed by atoms with Gasteiger partial charge in [0.25, 0.3) is 0 Å². The third kappa shape index (κ3) is 1.18. The SMILES string of the molecule is Nc1cccc2c1C1=Cc3c(N)ccc4cccc(c34)C12. The number of hydrogen-bond donors (Lipinski definition) is 2. The summed E-state index contributed by atoms with van der Waals surface area (Å²) < 4.78 is 0. The summed E-state index contributed by atoms with van der Waals surface area (Å²) in [6.45, 7) is 0. The molecule has 4 N–H and O–H groups in total. The minimum Gasteiger partial charge on any atom is -0.398 e. The summed E-state index contributed by atoms with van der Waals surface area (Å²) in [5.41, 5.74) is 20.4. The maximum Gasteiger partial charge on any atom is 0.0394 e. The highest BCUT2D eigenvalue weighted by Crippen LogP contribution is 2.57. The molecule has 3 aromatic rings. The molecule has 0 fully saturated rings. The predicted molar refractivity (Wildman–Crippen MR) is 88.9 cm³/mol. The van der Waals surface area contributed by atoms with Crippen molar-refractivity contribution in [3.63, 3.8) is 0 Å². The average Bonchev–Trinajstić information content (AvgIpc) is 2.47. The number of hydrogen-bond acceptors (Lipinski definition) is 2. The van der Waals surface area contributed by atoms with Gasteiger partial charge in [-0.3, -0.25) is 0 Å². The van der Waals surface area contributed by atoms with Crippen LogP contribution in [0.4, 0.5) is 11.4 Å². The molecule has 2 aliphatic carbocycles. The van der Waals surface area contributed by atoms with Gasteiger partial charge in [-0.05, 0) is 45.7 Å². The van der Waals surface area contributed by atoms with Crippen molar-refractivity contribution < 1.29 is 0 Å². The quantitative estimate of drug-likeness (QED) is 0.606. The van der Waals surface area contributed by atoms with E-state index in [4.69, 9.17) is 11.5 Å². The van der Waals surface area contributed by atoms with Gasteiger partial charge in [0.15, 0.2) is 0 Å². The molecule has 0 heterocycles. The molecule has 0 amide bonds. The second-order valence-corrected chi connectivity index (χ2v) is 5.86. The number of benzene rings is 3. The van der Waals surface area contributed by atoms with Gasteiger partial charge in [-0.2, -0.15) is 0 Å². The highest BCUT2D eigenvalue weighted by Gasteiger charge is 2.38. The minimum atomic E-state index is 0.349.